The highest BCUT2D eigenvalue weighted by atomic mass is 35.5. The molecule has 0 atom stereocenters. The Kier molecular flexibility index (Phi) is 6.71. The Hall–Kier alpha value is -1.75. The maximum Gasteiger partial charge on any atom is 0.277 e. The molecular weight excluding hydrogens is 383 g/mol. The highest BCUT2D eigenvalue weighted by Crippen LogP contribution is 2.33. The zero-order valence-corrected chi connectivity index (χ0v) is 16.3. The number of hydrogen-bond donors (Lipinski definition) is 1. The van der Waals surface area contributed by atoms with Crippen LogP contribution in [-0.2, 0) is 4.79 Å². The molecule has 0 aliphatic carbocycles. The second kappa shape index (κ2) is 8.56. The number of benzene rings is 2. The van der Waals surface area contributed by atoms with Crippen LogP contribution in [0.2, 0.25) is 15.1 Å². The lowest BCUT2D eigenvalue weighted by Crippen LogP contribution is -2.25. The normalized spacial score (nSPS) is 11.4. The standard InChI is InChI=1S/C18H17Cl3N2O2/c1-10-4-5-13(6-11(10)2)12(3)22-23-18(24)9-25-17-8-15(20)14(19)7-16(17)21/h4-8H,9H2,1-3H3,(H,23,24)/b22-12+. The molecule has 0 aliphatic rings. The molecule has 2 aromatic rings. The van der Waals surface area contributed by atoms with E-state index in [1.807, 2.05) is 39.0 Å². The molecule has 0 bridgehead atoms. The van der Waals surface area contributed by atoms with Gasteiger partial charge < -0.3 is 4.74 Å². The van der Waals surface area contributed by atoms with Crippen molar-refractivity contribution >= 4 is 46.4 Å². The average Bonchev–Trinajstić information content (AvgIpc) is 2.57. The molecular formula is C18H17Cl3N2O2. The Morgan fingerprint density at radius 2 is 1.72 bits per heavy atom. The predicted molar refractivity (Wildman–Crippen MR) is 103 cm³/mol. The largest absolute Gasteiger partial charge is 0.482 e. The molecule has 2 rings (SSSR count). The first kappa shape index (κ1) is 19.6. The fourth-order valence-corrected chi connectivity index (χ4v) is 2.56. The van der Waals surface area contributed by atoms with E-state index in [0.717, 1.165) is 11.1 Å². The van der Waals surface area contributed by atoms with E-state index in [1.165, 1.54) is 17.7 Å². The number of nitrogens with zero attached hydrogens (tertiary/aromatic N) is 1. The summed E-state index contributed by atoms with van der Waals surface area (Å²) in [6, 6.07) is 8.91. The van der Waals surface area contributed by atoms with Gasteiger partial charge in [-0.1, -0.05) is 46.9 Å². The van der Waals surface area contributed by atoms with Gasteiger partial charge in [0, 0.05) is 6.07 Å². The van der Waals surface area contributed by atoms with Crippen LogP contribution in [0.1, 0.15) is 23.6 Å². The van der Waals surface area contributed by atoms with Crippen molar-refractivity contribution in [2.24, 2.45) is 5.10 Å². The van der Waals surface area contributed by atoms with Gasteiger partial charge in [0.1, 0.15) is 5.75 Å². The molecule has 0 saturated heterocycles. The van der Waals surface area contributed by atoms with Crippen LogP contribution < -0.4 is 10.2 Å². The van der Waals surface area contributed by atoms with Gasteiger partial charge in [-0.25, -0.2) is 5.43 Å². The lowest BCUT2D eigenvalue weighted by atomic mass is 10.0. The van der Waals surface area contributed by atoms with Crippen molar-refractivity contribution in [3.63, 3.8) is 0 Å². The van der Waals surface area contributed by atoms with Gasteiger partial charge in [-0.15, -0.1) is 0 Å². The summed E-state index contributed by atoms with van der Waals surface area (Å²) in [5.41, 5.74) is 6.46. The fraction of sp³-hybridized carbons (Fsp3) is 0.222. The number of amides is 1. The third-order valence-corrected chi connectivity index (χ3v) is 4.62. The van der Waals surface area contributed by atoms with Crippen LogP contribution >= 0.6 is 34.8 Å². The van der Waals surface area contributed by atoms with E-state index in [9.17, 15) is 4.79 Å². The fourth-order valence-electron chi connectivity index (χ4n) is 1.97. The smallest absolute Gasteiger partial charge is 0.277 e. The van der Waals surface area contributed by atoms with Crippen molar-refractivity contribution in [2.45, 2.75) is 20.8 Å². The lowest BCUT2D eigenvalue weighted by molar-refractivity contribution is -0.123. The second-order valence-corrected chi connectivity index (χ2v) is 6.74. The van der Waals surface area contributed by atoms with Gasteiger partial charge in [0.05, 0.1) is 20.8 Å². The topological polar surface area (TPSA) is 50.7 Å². The molecule has 1 N–H and O–H groups in total. The Balaban J connectivity index is 1.96. The summed E-state index contributed by atoms with van der Waals surface area (Å²) in [6.07, 6.45) is 0. The quantitative estimate of drug-likeness (QED) is 0.428. The van der Waals surface area contributed by atoms with Crippen LogP contribution in [0.15, 0.2) is 35.4 Å². The zero-order chi connectivity index (χ0) is 18.6. The first-order chi connectivity index (χ1) is 11.8. The van der Waals surface area contributed by atoms with Crippen molar-refractivity contribution < 1.29 is 9.53 Å². The van der Waals surface area contributed by atoms with E-state index < -0.39 is 5.91 Å². The molecule has 0 fully saturated rings. The molecule has 7 heteroatoms. The van der Waals surface area contributed by atoms with Crippen molar-refractivity contribution in [3.05, 3.63) is 62.1 Å². The number of halogens is 3. The van der Waals surface area contributed by atoms with Crippen LogP contribution in [0.4, 0.5) is 0 Å². The van der Waals surface area contributed by atoms with E-state index in [-0.39, 0.29) is 17.4 Å². The minimum absolute atomic E-state index is 0.249. The van der Waals surface area contributed by atoms with E-state index in [2.05, 4.69) is 10.5 Å². The molecule has 132 valence electrons. The predicted octanol–water partition coefficient (Wildman–Crippen LogP) is 5.18. The molecule has 0 aliphatic heterocycles. The van der Waals surface area contributed by atoms with E-state index in [4.69, 9.17) is 39.5 Å². The molecule has 0 spiro atoms. The number of ether oxygens (including phenoxy) is 1. The summed E-state index contributed by atoms with van der Waals surface area (Å²) < 4.78 is 5.35. The van der Waals surface area contributed by atoms with Crippen LogP contribution in [0, 0.1) is 13.8 Å². The number of rotatable bonds is 5. The van der Waals surface area contributed by atoms with Gasteiger partial charge in [-0.05, 0) is 49.6 Å². The van der Waals surface area contributed by atoms with Crippen LogP contribution in [0.3, 0.4) is 0 Å². The van der Waals surface area contributed by atoms with Crippen LogP contribution in [-0.4, -0.2) is 18.2 Å². The number of hydrazone groups is 1. The number of nitrogens with one attached hydrogen (secondary N) is 1. The summed E-state index contributed by atoms with van der Waals surface area (Å²) >= 11 is 17.7. The molecule has 0 saturated carbocycles. The Bertz CT molecular complexity index is 835. The number of aryl methyl sites for hydroxylation is 2. The molecule has 1 amide bonds. The third kappa shape index (κ3) is 5.36. The highest BCUT2D eigenvalue weighted by Gasteiger charge is 2.09. The molecule has 2 aromatic carbocycles. The van der Waals surface area contributed by atoms with Gasteiger partial charge in [0.25, 0.3) is 5.91 Å². The molecule has 0 heterocycles. The van der Waals surface area contributed by atoms with Crippen molar-refractivity contribution in [1.29, 1.82) is 0 Å². The maximum absolute atomic E-state index is 11.9. The van der Waals surface area contributed by atoms with Crippen molar-refractivity contribution in [1.82, 2.24) is 5.43 Å². The summed E-state index contributed by atoms with van der Waals surface area (Å²) in [4.78, 5) is 11.9. The van der Waals surface area contributed by atoms with Gasteiger partial charge in [0.15, 0.2) is 6.61 Å². The SMILES string of the molecule is C/C(=N\NC(=O)COc1cc(Cl)c(Cl)cc1Cl)c1ccc(C)c(C)c1. The van der Waals surface area contributed by atoms with Crippen LogP contribution in [0.25, 0.3) is 0 Å². The summed E-state index contributed by atoms with van der Waals surface area (Å²) in [7, 11) is 0. The Morgan fingerprint density at radius 3 is 2.40 bits per heavy atom. The van der Waals surface area contributed by atoms with Gasteiger partial charge in [0.2, 0.25) is 0 Å². The average molecular weight is 400 g/mol. The Morgan fingerprint density at radius 1 is 1.04 bits per heavy atom. The van der Waals surface area contributed by atoms with E-state index in [0.29, 0.717) is 15.8 Å². The number of hydrogen-bond acceptors (Lipinski definition) is 3. The summed E-state index contributed by atoms with van der Waals surface area (Å²) in [5, 5.41) is 4.98. The second-order valence-electron chi connectivity index (χ2n) is 5.52. The highest BCUT2D eigenvalue weighted by molar-refractivity contribution is 6.43. The van der Waals surface area contributed by atoms with Gasteiger partial charge in [-0.3, -0.25) is 4.79 Å². The van der Waals surface area contributed by atoms with E-state index in [1.54, 1.807) is 0 Å². The number of carbonyl (C=O) groups excluding carboxylic acids is 1. The van der Waals surface area contributed by atoms with Gasteiger partial charge in [-0.2, -0.15) is 5.10 Å². The van der Waals surface area contributed by atoms with Crippen molar-refractivity contribution in [3.8, 4) is 5.75 Å². The maximum atomic E-state index is 11.9. The Labute approximate surface area is 161 Å². The molecule has 0 aromatic heterocycles. The molecule has 25 heavy (non-hydrogen) atoms. The van der Waals surface area contributed by atoms with Crippen molar-refractivity contribution in [2.75, 3.05) is 6.61 Å². The molecule has 0 radical (unpaired) electrons. The van der Waals surface area contributed by atoms with Crippen LogP contribution in [0.5, 0.6) is 5.75 Å². The minimum Gasteiger partial charge on any atom is -0.482 e. The zero-order valence-electron chi connectivity index (χ0n) is 14.0. The lowest BCUT2D eigenvalue weighted by Gasteiger charge is -2.09. The van der Waals surface area contributed by atoms with E-state index >= 15 is 0 Å². The summed E-state index contributed by atoms with van der Waals surface area (Å²) in [6.45, 7) is 5.64. The molecule has 0 unspecified atom stereocenters. The first-order valence-electron chi connectivity index (χ1n) is 7.46. The summed E-state index contributed by atoms with van der Waals surface area (Å²) in [5.74, 6) is -0.133. The third-order valence-electron chi connectivity index (χ3n) is 3.61. The molecule has 4 nitrogen and oxygen atoms in total. The first-order valence-corrected chi connectivity index (χ1v) is 8.59. The number of carbonyl (C=O) groups is 1. The minimum atomic E-state index is -0.412. The van der Waals surface area contributed by atoms with Gasteiger partial charge >= 0.3 is 0 Å². The monoisotopic (exact) mass is 398 g/mol.